The van der Waals surface area contributed by atoms with E-state index in [9.17, 15) is 4.79 Å². The molecule has 0 unspecified atom stereocenters. The number of imidazole rings is 1. The molecular weight excluding hydrogens is 342 g/mol. The largest absolute Gasteiger partial charge is 0.369 e. The lowest BCUT2D eigenvalue weighted by Crippen LogP contribution is -2.17. The number of nitrogens with two attached hydrogens (primary N) is 1. The van der Waals surface area contributed by atoms with E-state index < -0.39 is 5.91 Å². The Labute approximate surface area is 157 Å². The van der Waals surface area contributed by atoms with Crippen LogP contribution in [0.1, 0.15) is 17.2 Å². The summed E-state index contributed by atoms with van der Waals surface area (Å²) in [5.74, 6) is 1.74. The maximum Gasteiger partial charge on any atom is 0.225 e. The molecule has 0 bridgehead atoms. The molecule has 4 rings (SSSR count). The SMILES string of the molecule is NC(=O)Cc1nc(-c2cn3c(n2)CCNCC3)n(CCc2ccccc2)n1. The number of carbonyl (C=O) groups excluding carboxylic acids is 1. The molecule has 0 saturated carbocycles. The van der Waals surface area contributed by atoms with Crippen molar-refractivity contribution in [1.82, 2.24) is 29.6 Å². The lowest BCUT2D eigenvalue weighted by Gasteiger charge is -2.04. The van der Waals surface area contributed by atoms with Crippen LogP contribution >= 0.6 is 0 Å². The molecule has 8 heteroatoms. The van der Waals surface area contributed by atoms with Crippen molar-refractivity contribution in [3.05, 3.63) is 53.7 Å². The fraction of sp³-hybridized carbons (Fsp3) is 0.368. The summed E-state index contributed by atoms with van der Waals surface area (Å²) in [5.41, 5.74) is 7.35. The third kappa shape index (κ3) is 4.06. The molecule has 0 saturated heterocycles. The minimum atomic E-state index is -0.437. The summed E-state index contributed by atoms with van der Waals surface area (Å²) >= 11 is 0. The van der Waals surface area contributed by atoms with E-state index in [1.807, 2.05) is 29.1 Å². The summed E-state index contributed by atoms with van der Waals surface area (Å²) in [5, 5.41) is 7.88. The minimum Gasteiger partial charge on any atom is -0.369 e. The number of carbonyl (C=O) groups is 1. The fourth-order valence-electron chi connectivity index (χ4n) is 3.32. The van der Waals surface area contributed by atoms with Crippen LogP contribution in [-0.2, 0) is 37.1 Å². The topological polar surface area (TPSA) is 104 Å². The lowest BCUT2D eigenvalue weighted by atomic mass is 10.1. The highest BCUT2D eigenvalue weighted by molar-refractivity contribution is 5.75. The molecule has 2 aromatic heterocycles. The van der Waals surface area contributed by atoms with E-state index in [-0.39, 0.29) is 6.42 Å². The molecule has 0 atom stereocenters. The average molecular weight is 365 g/mol. The van der Waals surface area contributed by atoms with Gasteiger partial charge in [-0.3, -0.25) is 4.79 Å². The molecule has 3 N–H and O–H groups in total. The van der Waals surface area contributed by atoms with E-state index in [0.717, 1.165) is 44.0 Å². The number of hydrogen-bond acceptors (Lipinski definition) is 5. The highest BCUT2D eigenvalue weighted by atomic mass is 16.1. The molecular formula is C19H23N7O. The third-order valence-electron chi connectivity index (χ3n) is 4.65. The predicted molar refractivity (Wildman–Crippen MR) is 101 cm³/mol. The number of hydrogen-bond donors (Lipinski definition) is 2. The van der Waals surface area contributed by atoms with Crippen molar-refractivity contribution in [2.24, 2.45) is 5.73 Å². The first-order valence-corrected chi connectivity index (χ1v) is 9.22. The van der Waals surface area contributed by atoms with Gasteiger partial charge in [-0.05, 0) is 12.0 Å². The Bertz CT molecular complexity index is 905. The van der Waals surface area contributed by atoms with Crippen LogP contribution in [0, 0.1) is 0 Å². The average Bonchev–Trinajstić information content (AvgIpc) is 3.17. The number of amides is 1. The fourth-order valence-corrected chi connectivity index (χ4v) is 3.32. The molecule has 0 aliphatic carbocycles. The molecule has 8 nitrogen and oxygen atoms in total. The first-order chi connectivity index (χ1) is 13.2. The Morgan fingerprint density at radius 2 is 2.04 bits per heavy atom. The molecule has 27 heavy (non-hydrogen) atoms. The predicted octanol–water partition coefficient (Wildman–Crippen LogP) is 0.558. The van der Waals surface area contributed by atoms with Crippen molar-refractivity contribution in [3.63, 3.8) is 0 Å². The van der Waals surface area contributed by atoms with Crippen molar-refractivity contribution in [1.29, 1.82) is 0 Å². The molecule has 3 aromatic rings. The Morgan fingerprint density at radius 1 is 1.19 bits per heavy atom. The maximum atomic E-state index is 11.3. The van der Waals surface area contributed by atoms with Crippen LogP contribution in [0.4, 0.5) is 0 Å². The van der Waals surface area contributed by atoms with E-state index in [1.165, 1.54) is 5.56 Å². The molecule has 1 aromatic carbocycles. The highest BCUT2D eigenvalue weighted by Gasteiger charge is 2.19. The Hall–Kier alpha value is -3.00. The third-order valence-corrected chi connectivity index (χ3v) is 4.65. The molecule has 0 fully saturated rings. The van der Waals surface area contributed by atoms with Crippen molar-refractivity contribution < 1.29 is 4.79 Å². The van der Waals surface area contributed by atoms with Gasteiger partial charge >= 0.3 is 0 Å². The van der Waals surface area contributed by atoms with Crippen molar-refractivity contribution in [2.45, 2.75) is 32.4 Å². The molecule has 1 amide bonds. The quantitative estimate of drug-likeness (QED) is 0.664. The number of rotatable bonds is 6. The van der Waals surface area contributed by atoms with Crippen molar-refractivity contribution in [3.8, 4) is 11.5 Å². The molecule has 0 radical (unpaired) electrons. The van der Waals surface area contributed by atoms with Gasteiger partial charge in [-0.1, -0.05) is 30.3 Å². The van der Waals surface area contributed by atoms with Crippen molar-refractivity contribution >= 4 is 5.91 Å². The summed E-state index contributed by atoms with van der Waals surface area (Å²) in [7, 11) is 0. The van der Waals surface area contributed by atoms with Crippen LogP contribution < -0.4 is 11.1 Å². The van der Waals surface area contributed by atoms with E-state index >= 15 is 0 Å². The monoisotopic (exact) mass is 365 g/mol. The van der Waals surface area contributed by atoms with E-state index in [0.29, 0.717) is 18.2 Å². The number of aryl methyl sites for hydroxylation is 2. The van der Waals surface area contributed by atoms with Crippen LogP contribution in [0.15, 0.2) is 36.5 Å². The van der Waals surface area contributed by atoms with E-state index in [2.05, 4.69) is 32.1 Å². The second-order valence-corrected chi connectivity index (χ2v) is 6.69. The van der Waals surface area contributed by atoms with Gasteiger partial charge in [0.05, 0.1) is 6.42 Å². The zero-order valence-corrected chi connectivity index (χ0v) is 15.1. The minimum absolute atomic E-state index is 0.0306. The molecule has 1 aliphatic heterocycles. The molecule has 140 valence electrons. The van der Waals surface area contributed by atoms with Gasteiger partial charge in [-0.25, -0.2) is 14.6 Å². The first-order valence-electron chi connectivity index (χ1n) is 9.22. The second-order valence-electron chi connectivity index (χ2n) is 6.69. The van der Waals surface area contributed by atoms with Crippen LogP contribution in [0.2, 0.25) is 0 Å². The van der Waals surface area contributed by atoms with Gasteiger partial charge in [0, 0.05) is 38.8 Å². The number of nitrogens with one attached hydrogen (secondary N) is 1. The molecule has 0 spiro atoms. The Kier molecular flexibility index (Phi) is 4.97. The van der Waals surface area contributed by atoms with Crippen LogP contribution in [0.5, 0.6) is 0 Å². The Morgan fingerprint density at radius 3 is 2.85 bits per heavy atom. The van der Waals surface area contributed by atoms with Gasteiger partial charge in [0.15, 0.2) is 11.6 Å². The second kappa shape index (κ2) is 7.71. The summed E-state index contributed by atoms with van der Waals surface area (Å²) in [4.78, 5) is 20.6. The maximum absolute atomic E-state index is 11.3. The zero-order valence-electron chi connectivity index (χ0n) is 15.1. The molecule has 1 aliphatic rings. The number of nitrogens with zero attached hydrogens (tertiary/aromatic N) is 5. The van der Waals surface area contributed by atoms with E-state index in [4.69, 9.17) is 10.7 Å². The number of fused-ring (bicyclic) bond motifs is 1. The van der Waals surface area contributed by atoms with Crippen LogP contribution in [-0.4, -0.2) is 43.3 Å². The number of primary amides is 1. The first kappa shape index (κ1) is 17.4. The standard InChI is InChI=1S/C19H23N7O/c20-16(27)12-17-23-19(15-13-25-11-9-21-8-6-18(25)22-15)26(24-17)10-7-14-4-2-1-3-5-14/h1-5,13,21H,6-12H2,(H2,20,27). The van der Waals surface area contributed by atoms with E-state index in [1.54, 1.807) is 0 Å². The summed E-state index contributed by atoms with van der Waals surface area (Å²) < 4.78 is 4.01. The Balaban J connectivity index is 1.63. The van der Waals surface area contributed by atoms with Gasteiger partial charge in [-0.15, -0.1) is 0 Å². The van der Waals surface area contributed by atoms with Gasteiger partial charge in [0.1, 0.15) is 11.5 Å². The van der Waals surface area contributed by atoms with Crippen LogP contribution in [0.25, 0.3) is 11.5 Å². The summed E-state index contributed by atoms with van der Waals surface area (Å²) in [6.45, 7) is 3.39. The van der Waals surface area contributed by atoms with Gasteiger partial charge in [0.25, 0.3) is 0 Å². The van der Waals surface area contributed by atoms with Gasteiger partial charge < -0.3 is 15.6 Å². The highest BCUT2D eigenvalue weighted by Crippen LogP contribution is 2.19. The zero-order chi connectivity index (χ0) is 18.6. The smallest absolute Gasteiger partial charge is 0.225 e. The molecule has 3 heterocycles. The van der Waals surface area contributed by atoms with Gasteiger partial charge in [-0.2, -0.15) is 5.10 Å². The number of aromatic nitrogens is 5. The summed E-state index contributed by atoms with van der Waals surface area (Å²) in [6, 6.07) is 10.2. The summed E-state index contributed by atoms with van der Waals surface area (Å²) in [6.07, 6.45) is 3.76. The lowest BCUT2D eigenvalue weighted by molar-refractivity contribution is -0.117. The number of benzene rings is 1. The van der Waals surface area contributed by atoms with Gasteiger partial charge in [0.2, 0.25) is 5.91 Å². The van der Waals surface area contributed by atoms with Crippen molar-refractivity contribution in [2.75, 3.05) is 13.1 Å². The normalized spacial score (nSPS) is 13.9. The van der Waals surface area contributed by atoms with Crippen LogP contribution in [0.3, 0.4) is 0 Å².